The molecule has 2 rings (SSSR count). The molecule has 25 heavy (non-hydrogen) atoms. The molecule has 0 aliphatic carbocycles. The van der Waals surface area contributed by atoms with E-state index in [1.54, 1.807) is 24.3 Å². The Morgan fingerprint density at radius 1 is 1.28 bits per heavy atom. The van der Waals surface area contributed by atoms with Crippen LogP contribution in [0.2, 0.25) is 0 Å². The van der Waals surface area contributed by atoms with Gasteiger partial charge in [-0.25, -0.2) is 0 Å². The lowest BCUT2D eigenvalue weighted by Crippen LogP contribution is -2.13. The largest absolute Gasteiger partial charge is 0.494 e. The number of hydrogen-bond acceptors (Lipinski definition) is 8. The second-order valence-corrected chi connectivity index (χ2v) is 5.74. The van der Waals surface area contributed by atoms with E-state index in [1.807, 2.05) is 20.8 Å². The molecular formula is C16H22N6O3. The average Bonchev–Trinajstić information content (AvgIpc) is 2.54. The van der Waals surface area contributed by atoms with Gasteiger partial charge in [0.1, 0.15) is 5.75 Å². The highest BCUT2D eigenvalue weighted by molar-refractivity contribution is 5.74. The van der Waals surface area contributed by atoms with E-state index in [0.29, 0.717) is 30.5 Å². The fourth-order valence-electron chi connectivity index (χ4n) is 2.05. The highest BCUT2D eigenvalue weighted by Crippen LogP contribution is 2.31. The van der Waals surface area contributed by atoms with Crippen molar-refractivity contribution in [1.29, 1.82) is 0 Å². The maximum atomic E-state index is 11.3. The van der Waals surface area contributed by atoms with Gasteiger partial charge in [0.15, 0.2) is 0 Å². The van der Waals surface area contributed by atoms with Crippen LogP contribution < -0.4 is 21.1 Å². The molecule has 0 aliphatic rings. The third-order valence-corrected chi connectivity index (χ3v) is 3.19. The van der Waals surface area contributed by atoms with E-state index in [1.165, 1.54) is 0 Å². The highest BCUT2D eigenvalue weighted by Gasteiger charge is 2.23. The van der Waals surface area contributed by atoms with E-state index in [2.05, 4.69) is 20.6 Å². The van der Waals surface area contributed by atoms with Crippen LogP contribution in [-0.2, 0) is 0 Å². The molecule has 0 amide bonds. The van der Waals surface area contributed by atoms with Crippen molar-refractivity contribution in [3.05, 3.63) is 34.4 Å². The van der Waals surface area contributed by atoms with Crippen molar-refractivity contribution >= 4 is 29.0 Å². The minimum Gasteiger partial charge on any atom is -0.494 e. The topological polar surface area (TPSA) is 128 Å². The molecule has 1 heterocycles. The predicted octanol–water partition coefficient (Wildman–Crippen LogP) is 3.18. The first-order valence-corrected chi connectivity index (χ1v) is 7.96. The summed E-state index contributed by atoms with van der Waals surface area (Å²) in [5, 5.41) is 17.3. The van der Waals surface area contributed by atoms with Crippen LogP contribution in [0.3, 0.4) is 0 Å². The molecule has 0 saturated carbocycles. The second-order valence-electron chi connectivity index (χ2n) is 5.74. The molecule has 0 aliphatic heterocycles. The standard InChI is InChI=1S/C16H22N6O3/c1-4-25-12-7-5-11(6-8-12)19-15-13(22(23)24)14(17)20-16(21-15)18-9-10(2)3/h5-8,10H,4,9H2,1-3H3,(H4,17,18,19,20,21). The van der Waals surface area contributed by atoms with Crippen molar-refractivity contribution < 1.29 is 9.66 Å². The van der Waals surface area contributed by atoms with Gasteiger partial charge in [-0.15, -0.1) is 0 Å². The van der Waals surface area contributed by atoms with Crippen LogP contribution >= 0.6 is 0 Å². The first-order valence-electron chi connectivity index (χ1n) is 7.96. The van der Waals surface area contributed by atoms with Crippen LogP contribution in [-0.4, -0.2) is 28.0 Å². The molecule has 1 aromatic heterocycles. The van der Waals surface area contributed by atoms with Gasteiger partial charge in [0.25, 0.3) is 0 Å². The number of ether oxygens (including phenoxy) is 1. The number of nitrogens with zero attached hydrogens (tertiary/aromatic N) is 3. The van der Waals surface area contributed by atoms with E-state index >= 15 is 0 Å². The molecule has 0 unspecified atom stereocenters. The summed E-state index contributed by atoms with van der Waals surface area (Å²) in [6.45, 7) is 7.14. The van der Waals surface area contributed by atoms with Crippen molar-refractivity contribution in [3.63, 3.8) is 0 Å². The number of nitro groups is 1. The van der Waals surface area contributed by atoms with Gasteiger partial charge in [0.2, 0.25) is 17.6 Å². The number of nitrogen functional groups attached to an aromatic ring is 1. The van der Waals surface area contributed by atoms with E-state index in [9.17, 15) is 10.1 Å². The summed E-state index contributed by atoms with van der Waals surface area (Å²) in [6.07, 6.45) is 0. The zero-order valence-corrected chi connectivity index (χ0v) is 14.4. The zero-order valence-electron chi connectivity index (χ0n) is 14.4. The van der Waals surface area contributed by atoms with Crippen molar-refractivity contribution in [2.75, 3.05) is 29.5 Å². The van der Waals surface area contributed by atoms with Crippen LogP contribution in [0.5, 0.6) is 5.75 Å². The molecule has 0 bridgehead atoms. The maximum Gasteiger partial charge on any atom is 0.353 e. The van der Waals surface area contributed by atoms with Crippen LogP contribution in [0.15, 0.2) is 24.3 Å². The quantitative estimate of drug-likeness (QED) is 0.491. The summed E-state index contributed by atoms with van der Waals surface area (Å²) in [5.74, 6) is 1.16. The zero-order chi connectivity index (χ0) is 18.4. The summed E-state index contributed by atoms with van der Waals surface area (Å²) < 4.78 is 5.37. The highest BCUT2D eigenvalue weighted by atomic mass is 16.6. The first kappa shape index (κ1) is 18.2. The number of benzene rings is 1. The first-order chi connectivity index (χ1) is 11.9. The van der Waals surface area contributed by atoms with Crippen LogP contribution in [0.1, 0.15) is 20.8 Å². The van der Waals surface area contributed by atoms with Gasteiger partial charge in [-0.1, -0.05) is 13.8 Å². The monoisotopic (exact) mass is 346 g/mol. The minimum absolute atomic E-state index is 0.0351. The molecule has 2 aromatic rings. The van der Waals surface area contributed by atoms with Gasteiger partial charge in [-0.2, -0.15) is 9.97 Å². The van der Waals surface area contributed by atoms with Crippen molar-refractivity contribution in [2.45, 2.75) is 20.8 Å². The van der Waals surface area contributed by atoms with Crippen molar-refractivity contribution in [3.8, 4) is 5.75 Å². The summed E-state index contributed by atoms with van der Waals surface area (Å²) >= 11 is 0. The summed E-state index contributed by atoms with van der Waals surface area (Å²) in [6, 6.07) is 7.02. The third-order valence-electron chi connectivity index (χ3n) is 3.19. The number of nitrogens with two attached hydrogens (primary N) is 1. The Bertz CT molecular complexity index is 733. The lowest BCUT2D eigenvalue weighted by molar-refractivity contribution is -0.383. The molecule has 0 fully saturated rings. The number of hydrogen-bond donors (Lipinski definition) is 3. The Hall–Kier alpha value is -3.10. The Labute approximate surface area is 145 Å². The molecule has 4 N–H and O–H groups in total. The van der Waals surface area contributed by atoms with Gasteiger partial charge in [-0.3, -0.25) is 10.1 Å². The molecule has 9 nitrogen and oxygen atoms in total. The van der Waals surface area contributed by atoms with Gasteiger partial charge >= 0.3 is 5.69 Å². The van der Waals surface area contributed by atoms with Crippen molar-refractivity contribution in [2.24, 2.45) is 5.92 Å². The lowest BCUT2D eigenvalue weighted by atomic mass is 10.2. The molecule has 0 atom stereocenters. The normalized spacial score (nSPS) is 10.6. The second kappa shape index (κ2) is 8.13. The maximum absolute atomic E-state index is 11.3. The molecule has 0 spiro atoms. The lowest BCUT2D eigenvalue weighted by Gasteiger charge is -2.12. The SMILES string of the molecule is CCOc1ccc(Nc2nc(NCC(C)C)nc(N)c2[N+](=O)[O-])cc1. The van der Waals surface area contributed by atoms with Gasteiger partial charge < -0.3 is 21.1 Å². The third kappa shape index (κ3) is 4.93. The Morgan fingerprint density at radius 2 is 1.96 bits per heavy atom. The molecular weight excluding hydrogens is 324 g/mol. The summed E-state index contributed by atoms with van der Waals surface area (Å²) in [5.41, 5.74) is 6.02. The number of rotatable bonds is 8. The van der Waals surface area contributed by atoms with Crippen LogP contribution in [0, 0.1) is 16.0 Å². The van der Waals surface area contributed by atoms with Gasteiger partial charge in [-0.05, 0) is 37.1 Å². The fraction of sp³-hybridized carbons (Fsp3) is 0.375. The smallest absolute Gasteiger partial charge is 0.353 e. The van der Waals surface area contributed by atoms with E-state index in [4.69, 9.17) is 10.5 Å². The van der Waals surface area contributed by atoms with E-state index in [0.717, 1.165) is 0 Å². The molecule has 134 valence electrons. The Kier molecular flexibility index (Phi) is 5.93. The van der Waals surface area contributed by atoms with E-state index in [-0.39, 0.29) is 23.3 Å². The fourth-order valence-corrected chi connectivity index (χ4v) is 2.05. The van der Waals surface area contributed by atoms with Crippen LogP contribution in [0.25, 0.3) is 0 Å². The minimum atomic E-state index is -0.599. The Morgan fingerprint density at radius 3 is 2.52 bits per heavy atom. The summed E-state index contributed by atoms with van der Waals surface area (Å²) in [7, 11) is 0. The average molecular weight is 346 g/mol. The summed E-state index contributed by atoms with van der Waals surface area (Å²) in [4.78, 5) is 18.9. The van der Waals surface area contributed by atoms with Crippen molar-refractivity contribution in [1.82, 2.24) is 9.97 Å². The molecule has 0 saturated heterocycles. The van der Waals surface area contributed by atoms with E-state index < -0.39 is 4.92 Å². The molecule has 1 aromatic carbocycles. The number of anilines is 4. The number of nitrogens with one attached hydrogen (secondary N) is 2. The number of aromatic nitrogens is 2. The van der Waals surface area contributed by atoms with Gasteiger partial charge in [0, 0.05) is 12.2 Å². The molecule has 0 radical (unpaired) electrons. The predicted molar refractivity (Wildman–Crippen MR) is 97.3 cm³/mol. The Balaban J connectivity index is 2.31. The molecule has 9 heteroatoms. The van der Waals surface area contributed by atoms with Crippen LogP contribution in [0.4, 0.5) is 29.0 Å². The van der Waals surface area contributed by atoms with Gasteiger partial charge in [0.05, 0.1) is 11.5 Å².